The first-order chi connectivity index (χ1) is 7.61. The Morgan fingerprint density at radius 1 is 1.56 bits per heavy atom. The molecule has 1 aliphatic rings. The SMILES string of the molecule is CN(C#N)Cc1ccc2c(c1)CC(=O)N2C. The van der Waals surface area contributed by atoms with Gasteiger partial charge in [0.1, 0.15) is 0 Å². The number of benzene rings is 1. The van der Waals surface area contributed by atoms with Gasteiger partial charge in [-0.2, -0.15) is 5.26 Å². The number of amides is 1. The summed E-state index contributed by atoms with van der Waals surface area (Å²) in [4.78, 5) is 14.7. The summed E-state index contributed by atoms with van der Waals surface area (Å²) in [7, 11) is 3.53. The maximum Gasteiger partial charge on any atom is 0.231 e. The standard InChI is InChI=1S/C12H13N3O/c1-14(8-13)7-9-3-4-11-10(5-9)6-12(16)15(11)2/h3-5H,6-7H2,1-2H3. The summed E-state index contributed by atoms with van der Waals surface area (Å²) >= 11 is 0. The molecule has 4 heteroatoms. The number of nitrogens with zero attached hydrogens (tertiary/aromatic N) is 3. The van der Waals surface area contributed by atoms with Crippen LogP contribution in [0.15, 0.2) is 18.2 Å². The summed E-state index contributed by atoms with van der Waals surface area (Å²) in [6.45, 7) is 0.585. The smallest absolute Gasteiger partial charge is 0.231 e. The highest BCUT2D eigenvalue weighted by atomic mass is 16.2. The van der Waals surface area contributed by atoms with Crippen LogP contribution in [0.5, 0.6) is 0 Å². The molecule has 0 spiro atoms. The minimum atomic E-state index is 0.126. The number of likely N-dealkylation sites (N-methyl/N-ethyl adjacent to an activating group) is 1. The summed E-state index contributed by atoms with van der Waals surface area (Å²) < 4.78 is 0. The van der Waals surface area contributed by atoms with Gasteiger partial charge in [0.05, 0.1) is 13.0 Å². The van der Waals surface area contributed by atoms with Crippen LogP contribution < -0.4 is 4.90 Å². The van der Waals surface area contributed by atoms with E-state index >= 15 is 0 Å². The molecule has 0 N–H and O–H groups in total. The van der Waals surface area contributed by atoms with Gasteiger partial charge >= 0.3 is 0 Å². The fraction of sp³-hybridized carbons (Fsp3) is 0.333. The van der Waals surface area contributed by atoms with Crippen molar-refractivity contribution < 1.29 is 4.79 Å². The molecule has 0 atom stereocenters. The Balaban J connectivity index is 2.26. The Morgan fingerprint density at radius 2 is 2.31 bits per heavy atom. The van der Waals surface area contributed by atoms with E-state index in [0.29, 0.717) is 13.0 Å². The molecule has 0 radical (unpaired) electrons. The second-order valence-corrected chi connectivity index (χ2v) is 4.05. The molecule has 0 aromatic heterocycles. The minimum absolute atomic E-state index is 0.126. The van der Waals surface area contributed by atoms with Crippen molar-refractivity contribution in [1.82, 2.24) is 4.90 Å². The van der Waals surface area contributed by atoms with E-state index in [1.807, 2.05) is 18.2 Å². The highest BCUT2D eigenvalue weighted by molar-refractivity contribution is 6.00. The predicted octanol–water partition coefficient (Wildman–Crippen LogP) is 1.12. The number of carbonyl (C=O) groups excluding carboxylic acids is 1. The molecule has 4 nitrogen and oxygen atoms in total. The molecule has 0 fully saturated rings. The van der Waals surface area contributed by atoms with E-state index in [9.17, 15) is 4.79 Å². The van der Waals surface area contributed by atoms with Gasteiger partial charge in [-0.3, -0.25) is 4.79 Å². The Morgan fingerprint density at radius 3 is 3.00 bits per heavy atom. The van der Waals surface area contributed by atoms with E-state index in [1.165, 1.54) is 0 Å². The fourth-order valence-corrected chi connectivity index (χ4v) is 1.93. The summed E-state index contributed by atoms with van der Waals surface area (Å²) in [5.41, 5.74) is 3.09. The molecule has 0 aliphatic carbocycles. The first-order valence-electron chi connectivity index (χ1n) is 5.11. The topological polar surface area (TPSA) is 47.3 Å². The molecule has 1 aromatic carbocycles. The molecule has 0 saturated carbocycles. The van der Waals surface area contributed by atoms with Crippen molar-refractivity contribution in [3.63, 3.8) is 0 Å². The molecular formula is C12H13N3O. The third-order valence-corrected chi connectivity index (χ3v) is 2.81. The molecule has 1 aromatic rings. The monoisotopic (exact) mass is 215 g/mol. The van der Waals surface area contributed by atoms with Crippen LogP contribution in [0, 0.1) is 11.5 Å². The lowest BCUT2D eigenvalue weighted by Gasteiger charge is -2.12. The number of carbonyl (C=O) groups is 1. The molecule has 16 heavy (non-hydrogen) atoms. The van der Waals surface area contributed by atoms with Crippen molar-refractivity contribution >= 4 is 11.6 Å². The molecule has 82 valence electrons. The van der Waals surface area contributed by atoms with Crippen LogP contribution in [0.4, 0.5) is 5.69 Å². The third kappa shape index (κ3) is 1.72. The number of fused-ring (bicyclic) bond motifs is 1. The van der Waals surface area contributed by atoms with Gasteiger partial charge in [-0.1, -0.05) is 12.1 Å². The van der Waals surface area contributed by atoms with Crippen molar-refractivity contribution in [3.05, 3.63) is 29.3 Å². The van der Waals surface area contributed by atoms with Gasteiger partial charge in [-0.25, -0.2) is 0 Å². The zero-order valence-corrected chi connectivity index (χ0v) is 9.40. The van der Waals surface area contributed by atoms with Gasteiger partial charge in [0.15, 0.2) is 6.19 Å². The van der Waals surface area contributed by atoms with E-state index in [0.717, 1.165) is 16.8 Å². The van der Waals surface area contributed by atoms with Gasteiger partial charge in [-0.05, 0) is 17.2 Å². The molecule has 1 amide bonds. The lowest BCUT2D eigenvalue weighted by atomic mass is 10.1. The molecular weight excluding hydrogens is 202 g/mol. The summed E-state index contributed by atoms with van der Waals surface area (Å²) in [5, 5.41) is 8.69. The maximum absolute atomic E-state index is 11.5. The van der Waals surface area contributed by atoms with Crippen molar-refractivity contribution in [3.8, 4) is 6.19 Å². The first-order valence-corrected chi connectivity index (χ1v) is 5.11. The second kappa shape index (κ2) is 3.86. The summed E-state index contributed by atoms with van der Waals surface area (Å²) in [6, 6.07) is 5.91. The van der Waals surface area contributed by atoms with Crippen molar-refractivity contribution in [2.75, 3.05) is 19.0 Å². The first kappa shape index (κ1) is 10.5. The van der Waals surface area contributed by atoms with E-state index in [1.54, 1.807) is 23.9 Å². The normalized spacial score (nSPS) is 13.6. The largest absolute Gasteiger partial charge is 0.315 e. The van der Waals surface area contributed by atoms with Crippen LogP contribution in [0.2, 0.25) is 0 Å². The van der Waals surface area contributed by atoms with Crippen molar-refractivity contribution in [1.29, 1.82) is 5.26 Å². The van der Waals surface area contributed by atoms with E-state index in [-0.39, 0.29) is 5.91 Å². The zero-order chi connectivity index (χ0) is 11.7. The minimum Gasteiger partial charge on any atom is -0.315 e. The number of nitriles is 1. The van der Waals surface area contributed by atoms with E-state index in [4.69, 9.17) is 5.26 Å². The van der Waals surface area contributed by atoms with Crippen molar-refractivity contribution in [2.45, 2.75) is 13.0 Å². The van der Waals surface area contributed by atoms with Crippen LogP contribution in [0.1, 0.15) is 11.1 Å². The Hall–Kier alpha value is -2.02. The van der Waals surface area contributed by atoms with Gasteiger partial charge < -0.3 is 9.80 Å². The van der Waals surface area contributed by atoms with Crippen LogP contribution in [-0.2, 0) is 17.8 Å². The van der Waals surface area contributed by atoms with E-state index < -0.39 is 0 Å². The average molecular weight is 215 g/mol. The molecule has 0 saturated heterocycles. The van der Waals surface area contributed by atoms with Crippen LogP contribution in [-0.4, -0.2) is 24.9 Å². The maximum atomic E-state index is 11.5. The number of hydrogen-bond donors (Lipinski definition) is 0. The summed E-state index contributed by atoms with van der Waals surface area (Å²) in [5.74, 6) is 0.126. The molecule has 1 aliphatic heterocycles. The van der Waals surface area contributed by atoms with Crippen LogP contribution in [0.3, 0.4) is 0 Å². The Bertz CT molecular complexity index is 476. The quantitative estimate of drug-likeness (QED) is 0.548. The van der Waals surface area contributed by atoms with Gasteiger partial charge in [0.25, 0.3) is 0 Å². The third-order valence-electron chi connectivity index (χ3n) is 2.81. The number of anilines is 1. The van der Waals surface area contributed by atoms with Gasteiger partial charge in [0.2, 0.25) is 5.91 Å². The Kier molecular flexibility index (Phi) is 2.53. The van der Waals surface area contributed by atoms with Crippen LogP contribution >= 0.6 is 0 Å². The predicted molar refractivity (Wildman–Crippen MR) is 60.6 cm³/mol. The van der Waals surface area contributed by atoms with Gasteiger partial charge in [0, 0.05) is 19.8 Å². The van der Waals surface area contributed by atoms with Gasteiger partial charge in [-0.15, -0.1) is 0 Å². The number of rotatable bonds is 2. The Labute approximate surface area is 94.7 Å². The summed E-state index contributed by atoms with van der Waals surface area (Å²) in [6.07, 6.45) is 2.52. The second-order valence-electron chi connectivity index (χ2n) is 4.05. The lowest BCUT2D eigenvalue weighted by molar-refractivity contribution is -0.117. The molecule has 0 bridgehead atoms. The molecule has 0 unspecified atom stereocenters. The fourth-order valence-electron chi connectivity index (χ4n) is 1.93. The van der Waals surface area contributed by atoms with E-state index in [2.05, 4.69) is 6.19 Å². The highest BCUT2D eigenvalue weighted by Crippen LogP contribution is 2.28. The lowest BCUT2D eigenvalue weighted by Crippen LogP contribution is -2.20. The molecule has 2 rings (SSSR count). The van der Waals surface area contributed by atoms with Crippen molar-refractivity contribution in [2.24, 2.45) is 0 Å². The zero-order valence-electron chi connectivity index (χ0n) is 9.40. The highest BCUT2D eigenvalue weighted by Gasteiger charge is 2.23. The number of hydrogen-bond acceptors (Lipinski definition) is 3. The van der Waals surface area contributed by atoms with Crippen LogP contribution in [0.25, 0.3) is 0 Å². The average Bonchev–Trinajstić information content (AvgIpc) is 2.54. The molecule has 1 heterocycles.